The number of rotatable bonds is 15. The lowest BCUT2D eigenvalue weighted by Crippen LogP contribution is -2.62. The number of ether oxygens (including phenoxy) is 2. The molecule has 2 aliphatic rings. The van der Waals surface area contributed by atoms with Crippen molar-refractivity contribution in [2.24, 2.45) is 0 Å². The minimum absolute atomic E-state index is 0.0359. The molecule has 0 bridgehead atoms. The van der Waals surface area contributed by atoms with Gasteiger partial charge in [0.2, 0.25) is 0 Å². The molecule has 2 aliphatic heterocycles. The van der Waals surface area contributed by atoms with Crippen LogP contribution >= 0.6 is 0 Å². The van der Waals surface area contributed by atoms with Crippen molar-refractivity contribution in [2.75, 3.05) is 13.2 Å². The highest BCUT2D eigenvalue weighted by molar-refractivity contribution is 5.77. The number of hydroxylamine groups is 2. The second-order valence-corrected chi connectivity index (χ2v) is 14.4. The van der Waals surface area contributed by atoms with Crippen molar-refractivity contribution in [2.45, 2.75) is 173 Å². The second kappa shape index (κ2) is 14.6. The van der Waals surface area contributed by atoms with Crippen LogP contribution in [0.3, 0.4) is 0 Å². The molecule has 2 rings (SSSR count). The molecule has 0 aromatic heterocycles. The van der Waals surface area contributed by atoms with Gasteiger partial charge in [-0.15, -0.1) is 0 Å². The maximum absolute atomic E-state index is 12.7. The van der Waals surface area contributed by atoms with Crippen LogP contribution in [0.2, 0.25) is 0 Å². The lowest BCUT2D eigenvalue weighted by Gasteiger charge is -2.53. The van der Waals surface area contributed by atoms with E-state index in [4.69, 9.17) is 19.4 Å². The summed E-state index contributed by atoms with van der Waals surface area (Å²) in [5, 5.41) is 14.6. The van der Waals surface area contributed by atoms with E-state index in [0.717, 1.165) is 38.5 Å². The second-order valence-electron chi connectivity index (χ2n) is 14.4. The molecule has 39 heavy (non-hydrogen) atoms. The maximum Gasteiger partial charge on any atom is 0.306 e. The van der Waals surface area contributed by atoms with Crippen molar-refractivity contribution in [3.8, 4) is 0 Å². The number of nitrogens with one attached hydrogen (secondary N) is 1. The Balaban J connectivity index is 1.73. The molecule has 0 atom stereocenters. The van der Waals surface area contributed by atoms with Crippen molar-refractivity contribution in [3.05, 3.63) is 0 Å². The van der Waals surface area contributed by atoms with E-state index in [-0.39, 0.29) is 59.1 Å². The standard InChI is InChI=1S/C31H58N2O6/c1-28(2)20-24(21-29(3,4)32-28)38-26(35)16-17-27(36)39-25-22-30(5,6)33(31(7,8)23-25)37-19-15-13-11-9-10-12-14-18-34/h24-25,32,34H,9-23H2,1-8H3. The Morgan fingerprint density at radius 2 is 1.10 bits per heavy atom. The van der Waals surface area contributed by atoms with Crippen molar-refractivity contribution >= 4 is 11.9 Å². The molecule has 2 saturated heterocycles. The van der Waals surface area contributed by atoms with Crippen LogP contribution in [-0.4, -0.2) is 69.7 Å². The van der Waals surface area contributed by atoms with E-state index in [0.29, 0.717) is 26.1 Å². The summed E-state index contributed by atoms with van der Waals surface area (Å²) in [5.74, 6) is -0.678. The van der Waals surface area contributed by atoms with Crippen LogP contribution < -0.4 is 5.32 Å². The third-order valence-electron chi connectivity index (χ3n) is 7.86. The Hall–Kier alpha value is -1.22. The summed E-state index contributed by atoms with van der Waals surface area (Å²) in [4.78, 5) is 31.5. The normalized spacial score (nSPS) is 22.9. The zero-order valence-corrected chi connectivity index (χ0v) is 26.2. The third-order valence-corrected chi connectivity index (χ3v) is 7.86. The monoisotopic (exact) mass is 554 g/mol. The Kier molecular flexibility index (Phi) is 12.7. The fraction of sp³-hybridized carbons (Fsp3) is 0.935. The van der Waals surface area contributed by atoms with E-state index in [1.807, 2.05) is 0 Å². The first-order chi connectivity index (χ1) is 18.1. The Labute approximate surface area is 237 Å². The van der Waals surface area contributed by atoms with Crippen LogP contribution in [0.4, 0.5) is 0 Å². The molecule has 2 fully saturated rings. The van der Waals surface area contributed by atoms with Gasteiger partial charge in [0.15, 0.2) is 0 Å². The fourth-order valence-corrected chi connectivity index (χ4v) is 6.86. The Morgan fingerprint density at radius 3 is 1.56 bits per heavy atom. The SMILES string of the molecule is CC1(C)CC(OC(=O)CCC(=O)OC2CC(C)(C)N(OCCCCCCCCCO)C(C)(C)C2)CC(C)(C)N1. The molecular formula is C31H58N2O6. The van der Waals surface area contributed by atoms with E-state index in [1.165, 1.54) is 19.3 Å². The topological polar surface area (TPSA) is 97.3 Å². The highest BCUT2D eigenvalue weighted by atomic mass is 16.7. The van der Waals surface area contributed by atoms with Crippen LogP contribution in [0.15, 0.2) is 0 Å². The maximum atomic E-state index is 12.7. The molecule has 0 aromatic carbocycles. The summed E-state index contributed by atoms with van der Waals surface area (Å²) in [6, 6.07) is 0. The Bertz CT molecular complexity index is 745. The van der Waals surface area contributed by atoms with Gasteiger partial charge in [0.25, 0.3) is 0 Å². The van der Waals surface area contributed by atoms with E-state index in [1.54, 1.807) is 0 Å². The minimum Gasteiger partial charge on any atom is -0.462 e. The molecule has 0 spiro atoms. The van der Waals surface area contributed by atoms with Gasteiger partial charge in [0, 0.05) is 54.4 Å². The number of aliphatic hydroxyl groups excluding tert-OH is 1. The average Bonchev–Trinajstić information content (AvgIpc) is 2.75. The molecule has 2 heterocycles. The first-order valence-electron chi connectivity index (χ1n) is 15.3. The summed E-state index contributed by atoms with van der Waals surface area (Å²) in [6.07, 6.45) is 10.3. The smallest absolute Gasteiger partial charge is 0.306 e. The molecule has 228 valence electrons. The van der Waals surface area contributed by atoms with Gasteiger partial charge in [-0.3, -0.25) is 14.4 Å². The molecule has 2 N–H and O–H groups in total. The van der Waals surface area contributed by atoms with Crippen LogP contribution in [0, 0.1) is 0 Å². The van der Waals surface area contributed by atoms with Gasteiger partial charge < -0.3 is 19.9 Å². The van der Waals surface area contributed by atoms with E-state index >= 15 is 0 Å². The lowest BCUT2D eigenvalue weighted by molar-refractivity contribution is -0.293. The van der Waals surface area contributed by atoms with E-state index < -0.39 is 0 Å². The molecule has 0 aliphatic carbocycles. The number of unbranched alkanes of at least 4 members (excludes halogenated alkanes) is 6. The van der Waals surface area contributed by atoms with Gasteiger partial charge in [-0.25, -0.2) is 0 Å². The number of carbonyl (C=O) groups is 2. The first kappa shape index (κ1) is 34.0. The molecule has 0 saturated carbocycles. The lowest BCUT2D eigenvalue weighted by atomic mass is 9.80. The number of esters is 2. The van der Waals surface area contributed by atoms with Crippen molar-refractivity contribution < 1.29 is 29.0 Å². The molecule has 0 aromatic rings. The number of piperidine rings is 2. The summed E-state index contributed by atoms with van der Waals surface area (Å²) in [5.41, 5.74) is -0.787. The van der Waals surface area contributed by atoms with Crippen molar-refractivity contribution in [1.29, 1.82) is 0 Å². The predicted octanol–water partition coefficient (Wildman–Crippen LogP) is 5.84. The van der Waals surface area contributed by atoms with Gasteiger partial charge in [0.05, 0.1) is 19.4 Å². The predicted molar refractivity (Wildman–Crippen MR) is 154 cm³/mol. The van der Waals surface area contributed by atoms with Gasteiger partial charge in [0.1, 0.15) is 12.2 Å². The number of hydrogen-bond donors (Lipinski definition) is 2. The zero-order valence-electron chi connectivity index (χ0n) is 26.2. The minimum atomic E-state index is -0.345. The number of carbonyl (C=O) groups excluding carboxylic acids is 2. The molecule has 8 heteroatoms. The summed E-state index contributed by atoms with van der Waals surface area (Å²) >= 11 is 0. The average molecular weight is 555 g/mol. The van der Waals surface area contributed by atoms with Gasteiger partial charge >= 0.3 is 11.9 Å². The quantitative estimate of drug-likeness (QED) is 0.193. The van der Waals surface area contributed by atoms with Crippen LogP contribution in [0.5, 0.6) is 0 Å². The van der Waals surface area contributed by atoms with Crippen molar-refractivity contribution in [1.82, 2.24) is 10.4 Å². The Morgan fingerprint density at radius 1 is 0.692 bits per heavy atom. The van der Waals surface area contributed by atoms with Gasteiger partial charge in [-0.2, -0.15) is 5.06 Å². The van der Waals surface area contributed by atoms with E-state index in [2.05, 4.69) is 65.8 Å². The zero-order chi connectivity index (χ0) is 29.3. The van der Waals surface area contributed by atoms with E-state index in [9.17, 15) is 9.59 Å². The third kappa shape index (κ3) is 12.0. The summed E-state index contributed by atoms with van der Waals surface area (Å²) < 4.78 is 11.6. The van der Waals surface area contributed by atoms with Crippen molar-refractivity contribution in [3.63, 3.8) is 0 Å². The number of hydrogen-bond acceptors (Lipinski definition) is 8. The fourth-order valence-electron chi connectivity index (χ4n) is 6.86. The molecule has 8 nitrogen and oxygen atoms in total. The largest absolute Gasteiger partial charge is 0.462 e. The molecule has 0 radical (unpaired) electrons. The van der Waals surface area contributed by atoms with Crippen LogP contribution in [0.1, 0.15) is 139 Å². The summed E-state index contributed by atoms with van der Waals surface area (Å²) in [6.45, 7) is 18.0. The van der Waals surface area contributed by atoms with Gasteiger partial charge in [-0.1, -0.05) is 32.1 Å². The number of aliphatic hydroxyl groups is 1. The highest BCUT2D eigenvalue weighted by Gasteiger charge is 2.48. The van der Waals surface area contributed by atoms with Crippen LogP contribution in [-0.2, 0) is 23.9 Å². The van der Waals surface area contributed by atoms with Gasteiger partial charge in [-0.05, 0) is 68.2 Å². The number of nitrogens with zero attached hydrogens (tertiary/aromatic N) is 1. The molecular weight excluding hydrogens is 496 g/mol. The first-order valence-corrected chi connectivity index (χ1v) is 15.3. The summed E-state index contributed by atoms with van der Waals surface area (Å²) in [7, 11) is 0. The van der Waals surface area contributed by atoms with Crippen LogP contribution in [0.25, 0.3) is 0 Å². The highest BCUT2D eigenvalue weighted by Crippen LogP contribution is 2.40. The molecule has 0 amide bonds. The molecule has 0 unspecified atom stereocenters.